The second-order valence-corrected chi connectivity index (χ2v) is 21.5. The van der Waals surface area contributed by atoms with Gasteiger partial charge in [0.1, 0.15) is 42.3 Å². The predicted molar refractivity (Wildman–Crippen MR) is 259 cm³/mol. The minimum Gasteiger partial charge on any atom is -0.370 e. The molecule has 0 aliphatic carbocycles. The van der Waals surface area contributed by atoms with Crippen molar-refractivity contribution in [2.75, 3.05) is 18.8 Å². The summed E-state index contributed by atoms with van der Waals surface area (Å²) in [6, 6.07) is -0.372. The van der Waals surface area contributed by atoms with Crippen LogP contribution in [0.3, 0.4) is 0 Å². The predicted octanol–water partition coefficient (Wildman–Crippen LogP) is -1.47. The monoisotopic (exact) mass is 1000 g/mol. The molecule has 69 heavy (non-hydrogen) atoms. The molecule has 8 atom stereocenters. The first-order valence-electron chi connectivity index (χ1n) is 23.0. The number of rotatable bonds is 17. The number of amides is 11. The Hall–Kier alpha value is -5.91. The van der Waals surface area contributed by atoms with E-state index >= 15 is 0 Å². The van der Waals surface area contributed by atoms with Crippen LogP contribution in [0, 0.1) is 11.8 Å². The van der Waals surface area contributed by atoms with Crippen LogP contribution >= 0.6 is 21.6 Å². The molecule has 2 heterocycles. The summed E-state index contributed by atoms with van der Waals surface area (Å²) in [7, 11) is 2.32. The fraction of sp³-hybridized carbons (Fsp3) is 0.622. The maximum Gasteiger partial charge on any atom is 0.246 e. The Balaban J connectivity index is 2.08. The molecule has 2 saturated heterocycles. The van der Waals surface area contributed by atoms with E-state index in [0.29, 0.717) is 18.4 Å². The van der Waals surface area contributed by atoms with Gasteiger partial charge in [0.2, 0.25) is 65.0 Å². The Labute approximate surface area is 410 Å². The van der Waals surface area contributed by atoms with Crippen LogP contribution < -0.4 is 54.4 Å². The average Bonchev–Trinajstić information content (AvgIpc) is 3.77. The van der Waals surface area contributed by atoms with E-state index in [1.54, 1.807) is 58.0 Å². The summed E-state index contributed by atoms with van der Waals surface area (Å²) >= 11 is 0. The standard InChI is InChI=1S/C45H69N11O11S2/c1-7-25(4)37-43(66)51-27(15-16-33(46)57)39(62)52-30(20-34(47)58)40(63)54-31(23-68-69-45(5,6)21-36(60)50-29(41(64)55-37)19-26-12-9-8-10-13-26)44(67)56-17-11-14-32(56)42(65)53-28(18-24(2)3)38(61)49-22-35(48)59/h8-10,12-13,24-25,27-32,37H,7,11,14-23H2,1-6H3,(H2,46,57)(H2,47,58)(H2,48,59)(H,49,61)(H,50,60)(H,51,66)(H,52,62)(H,53,65)(H,54,63)(H,55,64). The van der Waals surface area contributed by atoms with Crippen molar-refractivity contribution in [3.05, 3.63) is 35.9 Å². The van der Waals surface area contributed by atoms with Crippen molar-refractivity contribution in [1.29, 1.82) is 0 Å². The lowest BCUT2D eigenvalue weighted by atomic mass is 9.96. The molecule has 22 nitrogen and oxygen atoms in total. The molecular formula is C45H69N11O11S2. The van der Waals surface area contributed by atoms with Gasteiger partial charge in [0.25, 0.3) is 0 Å². The maximum absolute atomic E-state index is 14.6. The van der Waals surface area contributed by atoms with Gasteiger partial charge < -0.3 is 59.3 Å². The summed E-state index contributed by atoms with van der Waals surface area (Å²) in [5, 5.41) is 18.3. The van der Waals surface area contributed by atoms with Crippen LogP contribution in [-0.4, -0.2) is 136 Å². The van der Waals surface area contributed by atoms with E-state index in [1.165, 1.54) is 15.7 Å². The SMILES string of the molecule is CCC(C)C1NC(=O)C(Cc2ccccc2)NC(=O)CC(C)(C)SSCC(C(=O)N2CCCC2C(=O)NC(CC(C)C)C(=O)NCC(N)=O)NC(=O)C(CC(N)=O)NC(=O)C(CCC(N)=O)NC1=O. The lowest BCUT2D eigenvalue weighted by Crippen LogP contribution is -2.61. The van der Waals surface area contributed by atoms with Crippen LogP contribution in [-0.2, 0) is 59.2 Å². The summed E-state index contributed by atoms with van der Waals surface area (Å²) in [4.78, 5) is 149. The maximum atomic E-state index is 14.6. The van der Waals surface area contributed by atoms with Crippen LogP contribution in [0.15, 0.2) is 30.3 Å². The zero-order valence-corrected chi connectivity index (χ0v) is 41.7. The summed E-state index contributed by atoms with van der Waals surface area (Å²) < 4.78 is -0.862. The highest BCUT2D eigenvalue weighted by Crippen LogP contribution is 2.39. The molecule has 0 bridgehead atoms. The molecule has 1 aromatic carbocycles. The molecular weight excluding hydrogens is 935 g/mol. The second kappa shape index (κ2) is 27.3. The molecule has 11 amide bonds. The van der Waals surface area contributed by atoms with Gasteiger partial charge in [-0.3, -0.25) is 52.7 Å². The highest BCUT2D eigenvalue weighted by atomic mass is 33.1. The van der Waals surface area contributed by atoms with Crippen molar-refractivity contribution in [2.45, 2.75) is 146 Å². The molecule has 8 unspecified atom stereocenters. The van der Waals surface area contributed by atoms with Gasteiger partial charge in [-0.1, -0.05) is 86.0 Å². The first kappa shape index (κ1) is 57.4. The number of nitrogens with zero attached hydrogens (tertiary/aromatic N) is 1. The van der Waals surface area contributed by atoms with E-state index < -0.39 is 137 Å². The molecule has 3 rings (SSSR count). The summed E-state index contributed by atoms with van der Waals surface area (Å²) in [5.41, 5.74) is 16.9. The third kappa shape index (κ3) is 19.2. The van der Waals surface area contributed by atoms with E-state index in [0.717, 1.165) is 10.8 Å². The van der Waals surface area contributed by atoms with Crippen molar-refractivity contribution in [3.8, 4) is 0 Å². The van der Waals surface area contributed by atoms with Crippen LogP contribution in [0.4, 0.5) is 0 Å². The largest absolute Gasteiger partial charge is 0.370 e. The zero-order chi connectivity index (χ0) is 51.6. The van der Waals surface area contributed by atoms with E-state index in [9.17, 15) is 52.7 Å². The summed E-state index contributed by atoms with van der Waals surface area (Å²) in [5.74, 6) is -9.49. The molecule has 1 aromatic rings. The van der Waals surface area contributed by atoms with Crippen LogP contribution in [0.2, 0.25) is 0 Å². The van der Waals surface area contributed by atoms with Gasteiger partial charge in [-0.2, -0.15) is 0 Å². The normalized spacial score (nSPS) is 24.0. The van der Waals surface area contributed by atoms with Crippen LogP contribution in [0.25, 0.3) is 0 Å². The van der Waals surface area contributed by atoms with Gasteiger partial charge in [0, 0.05) is 36.3 Å². The van der Waals surface area contributed by atoms with Crippen molar-refractivity contribution in [1.82, 2.24) is 42.1 Å². The van der Waals surface area contributed by atoms with Crippen LogP contribution in [0.1, 0.15) is 98.5 Å². The molecule has 0 radical (unpaired) electrons. The van der Waals surface area contributed by atoms with Gasteiger partial charge >= 0.3 is 0 Å². The molecule has 2 fully saturated rings. The minimum atomic E-state index is -1.72. The van der Waals surface area contributed by atoms with Gasteiger partial charge in [-0.25, -0.2) is 0 Å². The molecule has 0 saturated carbocycles. The van der Waals surface area contributed by atoms with Crippen LogP contribution in [0.5, 0.6) is 0 Å². The number of nitrogens with two attached hydrogens (primary N) is 3. The highest BCUT2D eigenvalue weighted by Gasteiger charge is 2.41. The number of carbonyl (C=O) groups excluding carboxylic acids is 11. The Kier molecular flexibility index (Phi) is 22.7. The average molecular weight is 1000 g/mol. The number of carbonyl (C=O) groups is 11. The molecule has 0 aromatic heterocycles. The summed E-state index contributed by atoms with van der Waals surface area (Å²) in [6.07, 6.45) is -0.465. The fourth-order valence-corrected chi connectivity index (χ4v) is 10.3. The van der Waals surface area contributed by atoms with Gasteiger partial charge in [-0.05, 0) is 56.9 Å². The van der Waals surface area contributed by atoms with E-state index in [-0.39, 0.29) is 50.3 Å². The van der Waals surface area contributed by atoms with E-state index in [1.807, 2.05) is 13.8 Å². The number of hydrogen-bond donors (Lipinski definition) is 10. The van der Waals surface area contributed by atoms with Gasteiger partial charge in [0.05, 0.1) is 13.0 Å². The molecule has 382 valence electrons. The van der Waals surface area contributed by atoms with Gasteiger partial charge in [-0.15, -0.1) is 0 Å². The summed E-state index contributed by atoms with van der Waals surface area (Å²) in [6.45, 7) is 10.3. The molecule has 0 spiro atoms. The third-order valence-corrected chi connectivity index (χ3v) is 14.7. The highest BCUT2D eigenvalue weighted by molar-refractivity contribution is 8.77. The number of benzene rings is 1. The lowest BCUT2D eigenvalue weighted by Gasteiger charge is -2.32. The Morgan fingerprint density at radius 3 is 2.06 bits per heavy atom. The molecule has 2 aliphatic rings. The number of hydrogen-bond acceptors (Lipinski definition) is 13. The van der Waals surface area contributed by atoms with Crippen molar-refractivity contribution in [2.24, 2.45) is 29.0 Å². The minimum absolute atomic E-state index is 0.0559. The van der Waals surface area contributed by atoms with Gasteiger partial charge in [0.15, 0.2) is 0 Å². The number of likely N-dealkylation sites (tertiary alicyclic amines) is 1. The molecule has 2 aliphatic heterocycles. The first-order valence-corrected chi connectivity index (χ1v) is 25.3. The third-order valence-electron chi connectivity index (χ3n) is 11.4. The second-order valence-electron chi connectivity index (χ2n) is 18.4. The van der Waals surface area contributed by atoms with E-state index in [4.69, 9.17) is 17.2 Å². The smallest absolute Gasteiger partial charge is 0.246 e. The Morgan fingerprint density at radius 2 is 1.45 bits per heavy atom. The zero-order valence-electron chi connectivity index (χ0n) is 40.1. The Morgan fingerprint density at radius 1 is 0.812 bits per heavy atom. The topological polar surface area (TPSA) is 353 Å². The molecule has 13 N–H and O–H groups in total. The van der Waals surface area contributed by atoms with Crippen molar-refractivity contribution >= 4 is 86.6 Å². The van der Waals surface area contributed by atoms with Crippen molar-refractivity contribution < 1.29 is 52.7 Å². The lowest BCUT2D eigenvalue weighted by molar-refractivity contribution is -0.142. The fourth-order valence-electron chi connectivity index (χ4n) is 7.66. The first-order chi connectivity index (χ1) is 32.4. The molecule has 24 heteroatoms. The number of primary amides is 3. The van der Waals surface area contributed by atoms with Crippen molar-refractivity contribution in [3.63, 3.8) is 0 Å². The quantitative estimate of drug-likeness (QED) is 0.0798. The van der Waals surface area contributed by atoms with E-state index in [2.05, 4.69) is 37.2 Å². The Bertz CT molecular complexity index is 2040. The number of nitrogens with one attached hydrogen (secondary N) is 7.